The second kappa shape index (κ2) is 10.0. The Balaban J connectivity index is 1.65. The Bertz CT molecular complexity index is 560. The number of hydrogen-bond acceptors (Lipinski definition) is 4. The molecule has 1 atom stereocenters. The van der Waals surface area contributed by atoms with Crippen LogP contribution in [-0.4, -0.2) is 24.9 Å². The van der Waals surface area contributed by atoms with Crippen molar-refractivity contribution >= 4 is 0 Å². The minimum absolute atomic E-state index is 0.0883. The van der Waals surface area contributed by atoms with E-state index in [1.807, 2.05) is 42.5 Å². The van der Waals surface area contributed by atoms with E-state index in [0.29, 0.717) is 26.2 Å². The first-order valence-corrected chi connectivity index (χ1v) is 8.00. The maximum absolute atomic E-state index is 8.95. The average molecular weight is 315 g/mol. The molecule has 2 aromatic carbocycles. The highest BCUT2D eigenvalue weighted by molar-refractivity contribution is 5.30. The third-order valence-electron chi connectivity index (χ3n) is 3.54. The van der Waals surface area contributed by atoms with E-state index in [1.165, 1.54) is 5.56 Å². The van der Waals surface area contributed by atoms with Gasteiger partial charge in [-0.2, -0.15) is 0 Å². The first-order chi connectivity index (χ1) is 11.3. The fourth-order valence-corrected chi connectivity index (χ4v) is 2.26. The largest absolute Gasteiger partial charge is 0.493 e. The van der Waals surface area contributed by atoms with Gasteiger partial charge in [0, 0.05) is 19.1 Å². The van der Waals surface area contributed by atoms with Crippen molar-refractivity contribution in [2.24, 2.45) is 5.73 Å². The minimum Gasteiger partial charge on any atom is -0.493 e. The lowest BCUT2D eigenvalue weighted by atomic mass is 10.1. The second-order valence-electron chi connectivity index (χ2n) is 5.43. The molecule has 1 unspecified atom stereocenters. The summed E-state index contributed by atoms with van der Waals surface area (Å²) in [5.41, 5.74) is 8.15. The first kappa shape index (κ1) is 17.5. The lowest BCUT2D eigenvalue weighted by molar-refractivity contribution is 0.107. The van der Waals surface area contributed by atoms with Crippen LogP contribution < -0.4 is 10.5 Å². The number of aliphatic hydroxyl groups excluding tert-OH is 1. The number of rotatable bonds is 10. The molecule has 0 fully saturated rings. The average Bonchev–Trinajstić information content (AvgIpc) is 2.59. The van der Waals surface area contributed by atoms with Crippen LogP contribution in [0.1, 0.15) is 30.0 Å². The molecule has 4 nitrogen and oxygen atoms in total. The van der Waals surface area contributed by atoms with Crippen LogP contribution in [-0.2, 0) is 11.3 Å². The van der Waals surface area contributed by atoms with Gasteiger partial charge in [0.1, 0.15) is 5.75 Å². The van der Waals surface area contributed by atoms with Gasteiger partial charge in [-0.3, -0.25) is 0 Å². The third kappa shape index (κ3) is 6.40. The summed E-state index contributed by atoms with van der Waals surface area (Å²) in [6.45, 7) is 1.99. The Morgan fingerprint density at radius 1 is 1.00 bits per heavy atom. The highest BCUT2D eigenvalue weighted by Crippen LogP contribution is 2.19. The zero-order valence-electron chi connectivity index (χ0n) is 13.4. The van der Waals surface area contributed by atoms with Crippen LogP contribution in [0.15, 0.2) is 54.6 Å². The molecule has 0 heterocycles. The van der Waals surface area contributed by atoms with Crippen LogP contribution in [0.4, 0.5) is 0 Å². The van der Waals surface area contributed by atoms with Gasteiger partial charge in [0.2, 0.25) is 0 Å². The molecule has 0 aliphatic heterocycles. The lowest BCUT2D eigenvalue weighted by Crippen LogP contribution is -2.12. The zero-order chi connectivity index (χ0) is 16.3. The van der Waals surface area contributed by atoms with Crippen LogP contribution in [0.3, 0.4) is 0 Å². The molecule has 0 saturated carbocycles. The SMILES string of the molecule is NC(CCO)c1cccc(OCCCOCc2ccccc2)c1. The summed E-state index contributed by atoms with van der Waals surface area (Å²) in [5, 5.41) is 8.95. The molecule has 2 rings (SSSR count). The quantitative estimate of drug-likeness (QED) is 0.661. The predicted molar refractivity (Wildman–Crippen MR) is 91.3 cm³/mol. The fourth-order valence-electron chi connectivity index (χ4n) is 2.26. The van der Waals surface area contributed by atoms with Gasteiger partial charge in [-0.05, 0) is 29.7 Å². The van der Waals surface area contributed by atoms with E-state index in [1.54, 1.807) is 0 Å². The van der Waals surface area contributed by atoms with Crippen molar-refractivity contribution in [2.75, 3.05) is 19.8 Å². The van der Waals surface area contributed by atoms with Crippen molar-refractivity contribution < 1.29 is 14.6 Å². The van der Waals surface area contributed by atoms with Gasteiger partial charge in [0.15, 0.2) is 0 Å². The number of nitrogens with two attached hydrogens (primary N) is 1. The molecule has 0 radical (unpaired) electrons. The highest BCUT2D eigenvalue weighted by atomic mass is 16.5. The topological polar surface area (TPSA) is 64.7 Å². The zero-order valence-corrected chi connectivity index (χ0v) is 13.4. The van der Waals surface area contributed by atoms with Crippen molar-refractivity contribution in [1.82, 2.24) is 0 Å². The van der Waals surface area contributed by atoms with Crippen molar-refractivity contribution in [3.05, 3.63) is 65.7 Å². The monoisotopic (exact) mass is 315 g/mol. The number of aliphatic hydroxyl groups is 1. The van der Waals surface area contributed by atoms with Gasteiger partial charge in [0.05, 0.1) is 19.8 Å². The van der Waals surface area contributed by atoms with Gasteiger partial charge in [-0.1, -0.05) is 42.5 Å². The van der Waals surface area contributed by atoms with E-state index in [9.17, 15) is 0 Å². The summed E-state index contributed by atoms with van der Waals surface area (Å²) < 4.78 is 11.4. The first-order valence-electron chi connectivity index (χ1n) is 8.00. The van der Waals surface area contributed by atoms with Gasteiger partial charge in [-0.15, -0.1) is 0 Å². The highest BCUT2D eigenvalue weighted by Gasteiger charge is 2.06. The van der Waals surface area contributed by atoms with E-state index in [-0.39, 0.29) is 12.6 Å². The molecule has 3 N–H and O–H groups in total. The third-order valence-corrected chi connectivity index (χ3v) is 3.54. The number of ether oxygens (including phenoxy) is 2. The summed E-state index contributed by atoms with van der Waals surface area (Å²) in [7, 11) is 0. The molecular weight excluding hydrogens is 290 g/mol. The Labute approximate surface area is 137 Å². The Hall–Kier alpha value is -1.88. The molecule has 124 valence electrons. The van der Waals surface area contributed by atoms with Gasteiger partial charge in [0.25, 0.3) is 0 Å². The molecule has 0 spiro atoms. The smallest absolute Gasteiger partial charge is 0.119 e. The summed E-state index contributed by atoms with van der Waals surface area (Å²) >= 11 is 0. The van der Waals surface area contributed by atoms with Gasteiger partial charge < -0.3 is 20.3 Å². The molecular formula is C19H25NO3. The molecule has 4 heteroatoms. The van der Waals surface area contributed by atoms with Gasteiger partial charge in [-0.25, -0.2) is 0 Å². The van der Waals surface area contributed by atoms with Crippen LogP contribution in [0.5, 0.6) is 5.75 Å². The fraction of sp³-hybridized carbons (Fsp3) is 0.368. The molecule has 0 aromatic heterocycles. The van der Waals surface area contributed by atoms with Crippen LogP contribution in [0.25, 0.3) is 0 Å². The maximum Gasteiger partial charge on any atom is 0.119 e. The molecule has 23 heavy (non-hydrogen) atoms. The van der Waals surface area contributed by atoms with E-state index < -0.39 is 0 Å². The minimum atomic E-state index is -0.155. The summed E-state index contributed by atoms with van der Waals surface area (Å²) in [4.78, 5) is 0. The van der Waals surface area contributed by atoms with Crippen LogP contribution >= 0.6 is 0 Å². The van der Waals surface area contributed by atoms with Crippen molar-refractivity contribution in [3.8, 4) is 5.75 Å². The molecule has 0 aliphatic rings. The van der Waals surface area contributed by atoms with E-state index in [0.717, 1.165) is 17.7 Å². The van der Waals surface area contributed by atoms with Crippen LogP contribution in [0.2, 0.25) is 0 Å². The number of benzene rings is 2. The summed E-state index contributed by atoms with van der Waals surface area (Å²) in [6, 6.07) is 17.7. The molecule has 0 bridgehead atoms. The summed E-state index contributed by atoms with van der Waals surface area (Å²) in [6.07, 6.45) is 1.39. The van der Waals surface area contributed by atoms with Crippen molar-refractivity contribution in [1.29, 1.82) is 0 Å². The van der Waals surface area contributed by atoms with E-state index >= 15 is 0 Å². The predicted octanol–water partition coefficient (Wildman–Crippen LogP) is 3.05. The Morgan fingerprint density at radius 3 is 2.61 bits per heavy atom. The molecule has 2 aromatic rings. The standard InChI is InChI=1S/C19H25NO3/c20-19(10-11-21)17-8-4-9-18(14-17)23-13-5-12-22-15-16-6-2-1-3-7-16/h1-4,6-9,14,19,21H,5,10-13,15,20H2. The second-order valence-corrected chi connectivity index (χ2v) is 5.43. The van der Waals surface area contributed by atoms with Gasteiger partial charge >= 0.3 is 0 Å². The molecule has 0 saturated heterocycles. The van der Waals surface area contributed by atoms with Crippen molar-refractivity contribution in [3.63, 3.8) is 0 Å². The Morgan fingerprint density at radius 2 is 1.83 bits per heavy atom. The van der Waals surface area contributed by atoms with E-state index in [2.05, 4.69) is 12.1 Å². The molecule has 0 amide bonds. The van der Waals surface area contributed by atoms with E-state index in [4.69, 9.17) is 20.3 Å². The lowest BCUT2D eigenvalue weighted by Gasteiger charge is -2.12. The number of hydrogen-bond donors (Lipinski definition) is 2. The van der Waals surface area contributed by atoms with Crippen molar-refractivity contribution in [2.45, 2.75) is 25.5 Å². The Kier molecular flexibility index (Phi) is 7.60. The molecule has 0 aliphatic carbocycles. The van der Waals surface area contributed by atoms with Crippen LogP contribution in [0, 0.1) is 0 Å². The maximum atomic E-state index is 8.95. The normalized spacial score (nSPS) is 12.1. The summed E-state index contributed by atoms with van der Waals surface area (Å²) in [5.74, 6) is 0.805.